The summed E-state index contributed by atoms with van der Waals surface area (Å²) in [4.78, 5) is 17.9. The zero-order valence-electron chi connectivity index (χ0n) is 16.4. The molecular formula is C21H22N6O2. The SMILES string of the molecule is CCn1c(-c2ccncc2)nc2cnc(Nc3ccc(OCCOC)cc3)nc21. The highest BCUT2D eigenvalue weighted by atomic mass is 16.5. The number of nitrogens with one attached hydrogen (secondary N) is 1. The zero-order valence-corrected chi connectivity index (χ0v) is 16.4. The summed E-state index contributed by atoms with van der Waals surface area (Å²) in [7, 11) is 1.65. The van der Waals surface area contributed by atoms with Gasteiger partial charge in [0.05, 0.1) is 12.8 Å². The van der Waals surface area contributed by atoms with Gasteiger partial charge >= 0.3 is 0 Å². The van der Waals surface area contributed by atoms with Crippen molar-refractivity contribution >= 4 is 22.8 Å². The van der Waals surface area contributed by atoms with Crippen LogP contribution in [0.4, 0.5) is 11.6 Å². The monoisotopic (exact) mass is 390 g/mol. The molecule has 29 heavy (non-hydrogen) atoms. The Morgan fingerprint density at radius 3 is 2.52 bits per heavy atom. The number of rotatable bonds is 8. The molecule has 0 radical (unpaired) electrons. The third-order valence-corrected chi connectivity index (χ3v) is 4.41. The van der Waals surface area contributed by atoms with Crippen LogP contribution in [0.1, 0.15) is 6.92 Å². The highest BCUT2D eigenvalue weighted by Crippen LogP contribution is 2.24. The van der Waals surface area contributed by atoms with Gasteiger partial charge in [-0.3, -0.25) is 4.98 Å². The van der Waals surface area contributed by atoms with Gasteiger partial charge in [0, 0.05) is 37.3 Å². The Bertz CT molecular complexity index is 1080. The van der Waals surface area contributed by atoms with Crippen LogP contribution >= 0.6 is 0 Å². The molecule has 3 aromatic heterocycles. The smallest absolute Gasteiger partial charge is 0.229 e. The van der Waals surface area contributed by atoms with Gasteiger partial charge in [-0.2, -0.15) is 4.98 Å². The van der Waals surface area contributed by atoms with Gasteiger partial charge in [-0.15, -0.1) is 0 Å². The molecule has 1 N–H and O–H groups in total. The molecule has 4 rings (SSSR count). The molecule has 0 unspecified atom stereocenters. The molecule has 0 atom stereocenters. The largest absolute Gasteiger partial charge is 0.491 e. The molecule has 4 aromatic rings. The number of hydrogen-bond donors (Lipinski definition) is 1. The fourth-order valence-corrected chi connectivity index (χ4v) is 3.01. The lowest BCUT2D eigenvalue weighted by atomic mass is 10.2. The summed E-state index contributed by atoms with van der Waals surface area (Å²) in [6, 6.07) is 11.5. The molecule has 1 aromatic carbocycles. The van der Waals surface area contributed by atoms with Crippen molar-refractivity contribution < 1.29 is 9.47 Å². The molecule has 0 amide bonds. The standard InChI is InChI=1S/C21H22N6O2/c1-3-27-19(15-8-10-22-11-9-15)25-18-14-23-21(26-20(18)27)24-16-4-6-17(7-5-16)29-13-12-28-2/h4-11,14H,3,12-13H2,1-2H3,(H,23,24,26). The van der Waals surface area contributed by atoms with Crippen LogP contribution in [0.2, 0.25) is 0 Å². The van der Waals surface area contributed by atoms with Crippen LogP contribution in [0.15, 0.2) is 55.0 Å². The number of ether oxygens (including phenoxy) is 2. The second-order valence-corrected chi connectivity index (χ2v) is 6.31. The van der Waals surface area contributed by atoms with E-state index in [4.69, 9.17) is 14.5 Å². The first-order chi connectivity index (χ1) is 14.3. The van der Waals surface area contributed by atoms with Crippen LogP contribution < -0.4 is 10.1 Å². The molecule has 8 nitrogen and oxygen atoms in total. The third-order valence-electron chi connectivity index (χ3n) is 4.41. The number of pyridine rings is 1. The molecule has 0 bridgehead atoms. The first-order valence-electron chi connectivity index (χ1n) is 9.41. The van der Waals surface area contributed by atoms with E-state index < -0.39 is 0 Å². The second kappa shape index (κ2) is 8.66. The highest BCUT2D eigenvalue weighted by molar-refractivity contribution is 5.77. The van der Waals surface area contributed by atoms with Crippen LogP contribution in [0.25, 0.3) is 22.6 Å². The van der Waals surface area contributed by atoms with Crippen LogP contribution in [0.5, 0.6) is 5.75 Å². The van der Waals surface area contributed by atoms with Crippen molar-refractivity contribution in [3.05, 3.63) is 55.0 Å². The number of nitrogens with zero attached hydrogens (tertiary/aromatic N) is 5. The minimum Gasteiger partial charge on any atom is -0.491 e. The first-order valence-corrected chi connectivity index (χ1v) is 9.41. The van der Waals surface area contributed by atoms with Gasteiger partial charge in [0.15, 0.2) is 5.65 Å². The maximum Gasteiger partial charge on any atom is 0.229 e. The Balaban J connectivity index is 1.57. The van der Waals surface area contributed by atoms with Crippen molar-refractivity contribution in [3.8, 4) is 17.1 Å². The summed E-state index contributed by atoms with van der Waals surface area (Å²) in [6.45, 7) is 3.89. The average molecular weight is 390 g/mol. The van der Waals surface area contributed by atoms with Crippen molar-refractivity contribution in [1.29, 1.82) is 0 Å². The van der Waals surface area contributed by atoms with Gasteiger partial charge < -0.3 is 19.4 Å². The lowest BCUT2D eigenvalue weighted by molar-refractivity contribution is 0.146. The predicted octanol–water partition coefficient (Wildman–Crippen LogP) is 3.68. The Morgan fingerprint density at radius 2 is 1.79 bits per heavy atom. The Kier molecular flexibility index (Phi) is 5.62. The second-order valence-electron chi connectivity index (χ2n) is 6.31. The number of aromatic nitrogens is 5. The maximum absolute atomic E-state index is 5.58. The molecule has 0 aliphatic carbocycles. The lowest BCUT2D eigenvalue weighted by Gasteiger charge is -2.08. The van der Waals surface area contributed by atoms with Crippen LogP contribution in [0.3, 0.4) is 0 Å². The number of benzene rings is 1. The van der Waals surface area contributed by atoms with Crippen LogP contribution in [-0.2, 0) is 11.3 Å². The fraction of sp³-hybridized carbons (Fsp3) is 0.238. The summed E-state index contributed by atoms with van der Waals surface area (Å²) in [6.07, 6.45) is 5.26. The number of fused-ring (bicyclic) bond motifs is 1. The molecular weight excluding hydrogens is 368 g/mol. The van der Waals surface area contributed by atoms with Crippen LogP contribution in [-0.4, -0.2) is 44.8 Å². The zero-order chi connectivity index (χ0) is 20.1. The van der Waals surface area contributed by atoms with E-state index in [0.29, 0.717) is 19.2 Å². The molecule has 0 saturated carbocycles. The molecule has 3 heterocycles. The van der Waals surface area contributed by atoms with Crippen molar-refractivity contribution in [1.82, 2.24) is 24.5 Å². The number of anilines is 2. The number of aryl methyl sites for hydroxylation is 1. The van der Waals surface area contributed by atoms with Gasteiger partial charge in [0.25, 0.3) is 0 Å². The van der Waals surface area contributed by atoms with E-state index in [1.54, 1.807) is 25.7 Å². The number of imidazole rings is 1. The quantitative estimate of drug-likeness (QED) is 0.459. The van der Waals surface area contributed by atoms with E-state index >= 15 is 0 Å². The average Bonchev–Trinajstić information content (AvgIpc) is 3.14. The van der Waals surface area contributed by atoms with E-state index in [0.717, 1.165) is 40.5 Å². The van der Waals surface area contributed by atoms with Crippen molar-refractivity contribution in [2.24, 2.45) is 0 Å². The normalized spacial score (nSPS) is 11.0. The van der Waals surface area contributed by atoms with E-state index in [1.165, 1.54) is 0 Å². The molecule has 0 spiro atoms. The maximum atomic E-state index is 5.58. The lowest BCUT2D eigenvalue weighted by Crippen LogP contribution is -2.04. The Labute approximate surface area is 168 Å². The number of methoxy groups -OCH3 is 1. The molecule has 0 aliphatic rings. The van der Waals surface area contributed by atoms with Gasteiger partial charge in [-0.1, -0.05) is 0 Å². The van der Waals surface area contributed by atoms with Crippen molar-refractivity contribution in [2.75, 3.05) is 25.6 Å². The summed E-state index contributed by atoms with van der Waals surface area (Å²) in [5.74, 6) is 2.16. The minimum absolute atomic E-state index is 0.515. The van der Waals surface area contributed by atoms with Gasteiger partial charge in [0.2, 0.25) is 5.95 Å². The van der Waals surface area contributed by atoms with Crippen molar-refractivity contribution in [2.45, 2.75) is 13.5 Å². The number of hydrogen-bond acceptors (Lipinski definition) is 7. The van der Waals surface area contributed by atoms with Gasteiger partial charge in [-0.25, -0.2) is 9.97 Å². The molecule has 8 heteroatoms. The predicted molar refractivity (Wildman–Crippen MR) is 111 cm³/mol. The van der Waals surface area contributed by atoms with Crippen molar-refractivity contribution in [3.63, 3.8) is 0 Å². The summed E-state index contributed by atoms with van der Waals surface area (Å²) >= 11 is 0. The highest BCUT2D eigenvalue weighted by Gasteiger charge is 2.14. The Hall–Kier alpha value is -3.52. The molecule has 148 valence electrons. The first kappa shape index (κ1) is 18.8. The molecule has 0 fully saturated rings. The topological polar surface area (TPSA) is 87.0 Å². The van der Waals surface area contributed by atoms with E-state index in [9.17, 15) is 0 Å². The third kappa shape index (κ3) is 4.17. The molecule has 0 saturated heterocycles. The Morgan fingerprint density at radius 1 is 1.00 bits per heavy atom. The van der Waals surface area contributed by atoms with Gasteiger partial charge in [0.1, 0.15) is 23.7 Å². The van der Waals surface area contributed by atoms with E-state index in [2.05, 4.69) is 31.8 Å². The van der Waals surface area contributed by atoms with Gasteiger partial charge in [-0.05, 0) is 43.3 Å². The fourth-order valence-electron chi connectivity index (χ4n) is 3.01. The summed E-state index contributed by atoms with van der Waals surface area (Å²) in [5.41, 5.74) is 3.42. The van der Waals surface area contributed by atoms with E-state index in [-0.39, 0.29) is 0 Å². The van der Waals surface area contributed by atoms with E-state index in [1.807, 2.05) is 36.4 Å². The summed E-state index contributed by atoms with van der Waals surface area (Å²) in [5, 5.41) is 3.24. The van der Waals surface area contributed by atoms with Crippen LogP contribution in [0, 0.1) is 0 Å². The summed E-state index contributed by atoms with van der Waals surface area (Å²) < 4.78 is 12.6. The minimum atomic E-state index is 0.515. The molecule has 0 aliphatic heterocycles.